The van der Waals surface area contributed by atoms with Crippen LogP contribution in [0.25, 0.3) is 5.76 Å². The molecule has 1 N–H and O–H groups in total. The first-order valence-electron chi connectivity index (χ1n) is 11.0. The maximum absolute atomic E-state index is 13.3. The second kappa shape index (κ2) is 9.69. The number of amides is 1. The number of nitrogens with zero attached hydrogens (tertiary/aromatic N) is 2. The van der Waals surface area contributed by atoms with Gasteiger partial charge in [0, 0.05) is 28.7 Å². The van der Waals surface area contributed by atoms with Gasteiger partial charge in [0.05, 0.1) is 18.2 Å². The molecule has 1 aliphatic rings. The molecule has 3 aromatic rings. The summed E-state index contributed by atoms with van der Waals surface area (Å²) in [5.74, 6) is -0.994. The Kier molecular flexibility index (Phi) is 6.70. The number of benzene rings is 2. The van der Waals surface area contributed by atoms with Crippen LogP contribution in [0.15, 0.2) is 66.5 Å². The molecule has 0 bridgehead atoms. The number of Topliss-reactive ketones (excluding diaryl/α,β-unsaturated/α-hetero) is 1. The average molecular weight is 477 g/mol. The van der Waals surface area contributed by atoms with Gasteiger partial charge in [-0.25, -0.2) is 0 Å². The Labute approximate surface area is 203 Å². The summed E-state index contributed by atoms with van der Waals surface area (Å²) in [6, 6.07) is 13.0. The Hall–Kier alpha value is -3.64. The predicted molar refractivity (Wildman–Crippen MR) is 132 cm³/mol. The Morgan fingerprint density at radius 1 is 1.06 bits per heavy atom. The standard InChI is InChI=1S/C27H25ClN2O4/c1-4-13-34-22-8-5-19(14-17(22)3)25(31)23-24(18-9-11-29-12-10-18)30(27(33)26(23)32)21-7-6-20(28)15-16(21)2/h5-12,14-15,24,31H,4,13H2,1-3H3/b25-23+. The number of rotatable bonds is 6. The molecule has 0 saturated carbocycles. The van der Waals surface area contributed by atoms with Crippen LogP contribution in [0, 0.1) is 13.8 Å². The fourth-order valence-electron chi connectivity index (χ4n) is 4.16. The Morgan fingerprint density at radius 3 is 2.44 bits per heavy atom. The van der Waals surface area contributed by atoms with Crippen molar-refractivity contribution in [1.82, 2.24) is 4.98 Å². The fourth-order valence-corrected chi connectivity index (χ4v) is 4.38. The zero-order valence-electron chi connectivity index (χ0n) is 19.2. The summed E-state index contributed by atoms with van der Waals surface area (Å²) in [6.45, 7) is 6.30. The second-order valence-corrected chi connectivity index (χ2v) is 8.65. The maximum atomic E-state index is 13.3. The number of pyridine rings is 1. The molecule has 6 nitrogen and oxygen atoms in total. The zero-order valence-corrected chi connectivity index (χ0v) is 20.0. The van der Waals surface area contributed by atoms with Gasteiger partial charge in [0.1, 0.15) is 11.5 Å². The molecule has 0 radical (unpaired) electrons. The summed E-state index contributed by atoms with van der Waals surface area (Å²) in [7, 11) is 0. The highest BCUT2D eigenvalue weighted by atomic mass is 35.5. The van der Waals surface area contributed by atoms with Crippen molar-refractivity contribution in [2.24, 2.45) is 0 Å². The summed E-state index contributed by atoms with van der Waals surface area (Å²) >= 11 is 6.12. The van der Waals surface area contributed by atoms with Gasteiger partial charge in [0.2, 0.25) is 0 Å². The van der Waals surface area contributed by atoms with Gasteiger partial charge in [0.15, 0.2) is 0 Å². The number of carbonyl (C=O) groups is 2. The van der Waals surface area contributed by atoms with Gasteiger partial charge < -0.3 is 9.84 Å². The molecule has 174 valence electrons. The first kappa shape index (κ1) is 23.5. The minimum Gasteiger partial charge on any atom is -0.507 e. The topological polar surface area (TPSA) is 79.7 Å². The van der Waals surface area contributed by atoms with Crippen LogP contribution in [0.5, 0.6) is 5.75 Å². The average Bonchev–Trinajstić information content (AvgIpc) is 3.09. The van der Waals surface area contributed by atoms with Crippen molar-refractivity contribution in [3.05, 3.63) is 93.8 Å². The smallest absolute Gasteiger partial charge is 0.300 e. The number of hydrogen-bond acceptors (Lipinski definition) is 5. The van der Waals surface area contributed by atoms with E-state index in [4.69, 9.17) is 16.3 Å². The van der Waals surface area contributed by atoms with Crippen molar-refractivity contribution in [3.8, 4) is 5.75 Å². The van der Waals surface area contributed by atoms with Crippen LogP contribution >= 0.6 is 11.6 Å². The van der Waals surface area contributed by atoms with Gasteiger partial charge in [-0.2, -0.15) is 0 Å². The fraction of sp³-hybridized carbons (Fsp3) is 0.222. The van der Waals surface area contributed by atoms with E-state index in [-0.39, 0.29) is 11.3 Å². The summed E-state index contributed by atoms with van der Waals surface area (Å²) < 4.78 is 5.73. The number of aliphatic hydroxyl groups is 1. The van der Waals surface area contributed by atoms with Crippen LogP contribution < -0.4 is 9.64 Å². The molecule has 1 saturated heterocycles. The van der Waals surface area contributed by atoms with Gasteiger partial charge in [-0.3, -0.25) is 19.5 Å². The van der Waals surface area contributed by atoms with Crippen LogP contribution in [-0.2, 0) is 9.59 Å². The molecule has 34 heavy (non-hydrogen) atoms. The molecule has 2 heterocycles. The highest BCUT2D eigenvalue weighted by molar-refractivity contribution is 6.51. The third kappa shape index (κ3) is 4.29. The Morgan fingerprint density at radius 2 is 1.79 bits per heavy atom. The van der Waals surface area contributed by atoms with Gasteiger partial charge >= 0.3 is 0 Å². The minimum atomic E-state index is -0.820. The van der Waals surface area contributed by atoms with Gasteiger partial charge in [-0.15, -0.1) is 0 Å². The summed E-state index contributed by atoms with van der Waals surface area (Å²) in [5.41, 5.74) is 3.22. The monoisotopic (exact) mass is 476 g/mol. The third-order valence-corrected chi connectivity index (χ3v) is 6.03. The molecule has 4 rings (SSSR count). The predicted octanol–water partition coefficient (Wildman–Crippen LogP) is 5.77. The molecule has 1 aromatic heterocycles. The Bertz CT molecular complexity index is 1290. The lowest BCUT2D eigenvalue weighted by Crippen LogP contribution is -2.30. The lowest BCUT2D eigenvalue weighted by atomic mass is 9.95. The number of aliphatic hydroxyl groups excluding tert-OH is 1. The van der Waals surface area contributed by atoms with E-state index in [0.717, 1.165) is 17.5 Å². The number of ketones is 1. The van der Waals surface area contributed by atoms with Crippen molar-refractivity contribution >= 4 is 34.7 Å². The highest BCUT2D eigenvalue weighted by Gasteiger charge is 2.47. The van der Waals surface area contributed by atoms with Crippen LogP contribution in [0.3, 0.4) is 0 Å². The van der Waals surface area contributed by atoms with Crippen LogP contribution in [0.2, 0.25) is 5.02 Å². The van der Waals surface area contributed by atoms with Crippen molar-refractivity contribution in [2.75, 3.05) is 11.5 Å². The molecule has 7 heteroatoms. The van der Waals surface area contributed by atoms with E-state index in [1.807, 2.05) is 20.8 Å². The first-order valence-corrected chi connectivity index (χ1v) is 11.4. The summed E-state index contributed by atoms with van der Waals surface area (Å²) in [5, 5.41) is 11.8. The molecule has 1 aliphatic heterocycles. The van der Waals surface area contributed by atoms with E-state index < -0.39 is 17.7 Å². The number of hydrogen-bond donors (Lipinski definition) is 1. The van der Waals surface area contributed by atoms with Crippen molar-refractivity contribution in [3.63, 3.8) is 0 Å². The van der Waals surface area contributed by atoms with E-state index in [1.165, 1.54) is 4.90 Å². The highest BCUT2D eigenvalue weighted by Crippen LogP contribution is 2.43. The van der Waals surface area contributed by atoms with E-state index in [9.17, 15) is 14.7 Å². The molecule has 1 amide bonds. The van der Waals surface area contributed by atoms with Gasteiger partial charge in [0.25, 0.3) is 11.7 Å². The van der Waals surface area contributed by atoms with Crippen LogP contribution in [0.1, 0.15) is 41.6 Å². The molecule has 1 atom stereocenters. The minimum absolute atomic E-state index is 0.0205. The molecule has 2 aromatic carbocycles. The van der Waals surface area contributed by atoms with Crippen molar-refractivity contribution in [1.29, 1.82) is 0 Å². The van der Waals surface area contributed by atoms with E-state index in [2.05, 4.69) is 4.98 Å². The first-order chi connectivity index (χ1) is 16.3. The number of halogens is 1. The largest absolute Gasteiger partial charge is 0.507 e. The Balaban J connectivity index is 1.88. The van der Waals surface area contributed by atoms with Crippen molar-refractivity contribution in [2.45, 2.75) is 33.2 Å². The molecule has 0 aliphatic carbocycles. The summed E-state index contributed by atoms with van der Waals surface area (Å²) in [4.78, 5) is 32.0. The second-order valence-electron chi connectivity index (χ2n) is 8.21. The number of ether oxygens (including phenoxy) is 1. The normalized spacial score (nSPS) is 17.3. The molecule has 1 unspecified atom stereocenters. The maximum Gasteiger partial charge on any atom is 0.300 e. The molecular weight excluding hydrogens is 452 g/mol. The number of anilines is 1. The molecule has 1 fully saturated rings. The van der Waals surface area contributed by atoms with Crippen molar-refractivity contribution < 1.29 is 19.4 Å². The molecule has 0 spiro atoms. The van der Waals surface area contributed by atoms with E-state index in [0.29, 0.717) is 34.2 Å². The number of carbonyl (C=O) groups excluding carboxylic acids is 2. The quantitative estimate of drug-likeness (QED) is 0.277. The van der Waals surface area contributed by atoms with Gasteiger partial charge in [-0.1, -0.05) is 18.5 Å². The third-order valence-electron chi connectivity index (χ3n) is 5.79. The van der Waals surface area contributed by atoms with Gasteiger partial charge in [-0.05, 0) is 85.5 Å². The van der Waals surface area contributed by atoms with E-state index in [1.54, 1.807) is 60.9 Å². The SMILES string of the molecule is CCCOc1ccc(/C(O)=C2\C(=O)C(=O)N(c3ccc(Cl)cc3C)C2c2ccncc2)cc1C. The summed E-state index contributed by atoms with van der Waals surface area (Å²) in [6.07, 6.45) is 4.06. The number of aromatic nitrogens is 1. The van der Waals surface area contributed by atoms with E-state index >= 15 is 0 Å². The molecular formula is C27H25ClN2O4. The lowest BCUT2D eigenvalue weighted by molar-refractivity contribution is -0.132. The zero-order chi connectivity index (χ0) is 24.4. The van der Waals surface area contributed by atoms with Crippen LogP contribution in [0.4, 0.5) is 5.69 Å². The van der Waals surface area contributed by atoms with Crippen LogP contribution in [-0.4, -0.2) is 28.4 Å². The number of aryl methyl sites for hydroxylation is 2. The lowest BCUT2D eigenvalue weighted by Gasteiger charge is -2.26.